The third kappa shape index (κ3) is 2.61. The second-order valence-electron chi connectivity index (χ2n) is 4.44. The highest BCUT2D eigenvalue weighted by Gasteiger charge is 2.39. The highest BCUT2D eigenvalue weighted by atomic mass is 16.2. The molecule has 0 radical (unpaired) electrons. The fraction of sp³-hybridized carbons (Fsp3) is 0.462. The molecule has 1 aliphatic rings. The van der Waals surface area contributed by atoms with Crippen LogP contribution in [0.1, 0.15) is 25.3 Å². The number of rotatable bonds is 4. The zero-order chi connectivity index (χ0) is 11.5. The van der Waals surface area contributed by atoms with E-state index in [9.17, 15) is 4.79 Å². The minimum Gasteiger partial charge on any atom is -0.327 e. The quantitative estimate of drug-likeness (QED) is 0.811. The number of carbonyl (C=O) groups is 1. The van der Waals surface area contributed by atoms with E-state index in [0.29, 0.717) is 0 Å². The molecule has 1 aliphatic carbocycles. The van der Waals surface area contributed by atoms with Gasteiger partial charge in [0.15, 0.2) is 0 Å². The molecule has 3 heteroatoms. The first-order valence-electron chi connectivity index (χ1n) is 5.86. The van der Waals surface area contributed by atoms with Crippen molar-refractivity contribution in [1.82, 2.24) is 0 Å². The molecule has 0 bridgehead atoms. The highest BCUT2D eigenvalue weighted by molar-refractivity contribution is 5.94. The van der Waals surface area contributed by atoms with Crippen molar-refractivity contribution in [2.45, 2.75) is 32.2 Å². The molecular formula is C13H18N2O. The average molecular weight is 218 g/mol. The summed E-state index contributed by atoms with van der Waals surface area (Å²) in [6.07, 6.45) is 3.05. The van der Waals surface area contributed by atoms with Gasteiger partial charge >= 0.3 is 0 Å². The number of nitrogens with two attached hydrogens (primary N) is 1. The van der Waals surface area contributed by atoms with Gasteiger partial charge in [-0.3, -0.25) is 4.79 Å². The molecule has 0 aliphatic heterocycles. The Morgan fingerprint density at radius 3 is 2.56 bits per heavy atom. The molecule has 2 unspecified atom stereocenters. The molecule has 1 aromatic carbocycles. The number of benzene rings is 1. The van der Waals surface area contributed by atoms with Gasteiger partial charge < -0.3 is 11.1 Å². The molecular weight excluding hydrogens is 200 g/mol. The molecule has 0 aromatic heterocycles. The van der Waals surface area contributed by atoms with Crippen molar-refractivity contribution in [1.29, 1.82) is 0 Å². The van der Waals surface area contributed by atoms with E-state index in [1.54, 1.807) is 0 Å². The fourth-order valence-corrected chi connectivity index (χ4v) is 1.79. The molecule has 1 aromatic rings. The summed E-state index contributed by atoms with van der Waals surface area (Å²) < 4.78 is 0. The maximum atomic E-state index is 11.6. The van der Waals surface area contributed by atoms with Crippen molar-refractivity contribution in [2.24, 2.45) is 11.7 Å². The lowest BCUT2D eigenvalue weighted by Crippen LogP contribution is -2.18. The summed E-state index contributed by atoms with van der Waals surface area (Å²) >= 11 is 0. The SMILES string of the molecule is CCCc1ccc(NC(=O)C2CC2N)cc1. The van der Waals surface area contributed by atoms with Gasteiger partial charge in [0.05, 0.1) is 5.92 Å². The molecule has 0 spiro atoms. The van der Waals surface area contributed by atoms with E-state index in [1.807, 2.05) is 12.1 Å². The Morgan fingerprint density at radius 2 is 2.06 bits per heavy atom. The first-order chi connectivity index (χ1) is 7.70. The number of hydrogen-bond acceptors (Lipinski definition) is 2. The van der Waals surface area contributed by atoms with Gasteiger partial charge in [0.1, 0.15) is 0 Å². The molecule has 3 N–H and O–H groups in total. The van der Waals surface area contributed by atoms with Gasteiger partial charge in [-0.05, 0) is 30.5 Å². The molecule has 2 rings (SSSR count). The third-order valence-electron chi connectivity index (χ3n) is 2.94. The molecule has 2 atom stereocenters. The maximum absolute atomic E-state index is 11.6. The number of hydrogen-bond donors (Lipinski definition) is 2. The Morgan fingerprint density at radius 1 is 1.44 bits per heavy atom. The Kier molecular flexibility index (Phi) is 3.25. The number of carbonyl (C=O) groups excluding carboxylic acids is 1. The minimum atomic E-state index is 0.0234. The van der Waals surface area contributed by atoms with E-state index in [1.165, 1.54) is 5.56 Å². The smallest absolute Gasteiger partial charge is 0.229 e. The van der Waals surface area contributed by atoms with Crippen LogP contribution in [0.3, 0.4) is 0 Å². The van der Waals surface area contributed by atoms with Gasteiger partial charge in [-0.1, -0.05) is 25.5 Å². The van der Waals surface area contributed by atoms with Crippen molar-refractivity contribution in [3.8, 4) is 0 Å². The largest absolute Gasteiger partial charge is 0.327 e. The van der Waals surface area contributed by atoms with E-state index >= 15 is 0 Å². The molecule has 16 heavy (non-hydrogen) atoms. The summed E-state index contributed by atoms with van der Waals surface area (Å²) in [7, 11) is 0. The van der Waals surface area contributed by atoms with Crippen LogP contribution in [-0.4, -0.2) is 11.9 Å². The van der Waals surface area contributed by atoms with Crippen LogP contribution in [0.2, 0.25) is 0 Å². The lowest BCUT2D eigenvalue weighted by molar-refractivity contribution is -0.117. The standard InChI is InChI=1S/C13H18N2O/c1-2-3-9-4-6-10(7-5-9)15-13(16)11-8-12(11)14/h4-7,11-12H,2-3,8,14H2,1H3,(H,15,16). The lowest BCUT2D eigenvalue weighted by Gasteiger charge is -2.05. The third-order valence-corrected chi connectivity index (χ3v) is 2.94. The summed E-state index contributed by atoms with van der Waals surface area (Å²) in [5.41, 5.74) is 7.80. The summed E-state index contributed by atoms with van der Waals surface area (Å²) in [5.74, 6) is 0.0751. The normalized spacial score (nSPS) is 22.9. The average Bonchev–Trinajstić information content (AvgIpc) is 2.99. The Hall–Kier alpha value is -1.35. The second kappa shape index (κ2) is 4.66. The molecule has 0 saturated heterocycles. The van der Waals surface area contributed by atoms with Crippen LogP contribution in [0.5, 0.6) is 0 Å². The first-order valence-corrected chi connectivity index (χ1v) is 5.86. The van der Waals surface area contributed by atoms with Crippen molar-refractivity contribution >= 4 is 11.6 Å². The van der Waals surface area contributed by atoms with Crippen LogP contribution < -0.4 is 11.1 Å². The summed E-state index contributed by atoms with van der Waals surface area (Å²) in [6.45, 7) is 2.16. The second-order valence-corrected chi connectivity index (χ2v) is 4.44. The van der Waals surface area contributed by atoms with Crippen molar-refractivity contribution in [3.63, 3.8) is 0 Å². The number of nitrogens with one attached hydrogen (secondary N) is 1. The van der Waals surface area contributed by atoms with E-state index < -0.39 is 0 Å². The summed E-state index contributed by atoms with van der Waals surface area (Å²) in [4.78, 5) is 11.6. The monoisotopic (exact) mass is 218 g/mol. The lowest BCUT2D eigenvalue weighted by atomic mass is 10.1. The molecule has 1 amide bonds. The van der Waals surface area contributed by atoms with Crippen LogP contribution in [0, 0.1) is 5.92 Å². The summed E-state index contributed by atoms with van der Waals surface area (Å²) in [6, 6.07) is 8.10. The number of aryl methyl sites for hydroxylation is 1. The van der Waals surface area contributed by atoms with Crippen molar-refractivity contribution in [2.75, 3.05) is 5.32 Å². The maximum Gasteiger partial charge on any atom is 0.229 e. The van der Waals surface area contributed by atoms with E-state index in [4.69, 9.17) is 5.73 Å². The Bertz CT molecular complexity index is 372. The van der Waals surface area contributed by atoms with Gasteiger partial charge in [0.2, 0.25) is 5.91 Å². The van der Waals surface area contributed by atoms with Gasteiger partial charge in [-0.2, -0.15) is 0 Å². The van der Waals surface area contributed by atoms with Gasteiger partial charge in [0.25, 0.3) is 0 Å². The van der Waals surface area contributed by atoms with Crippen LogP contribution in [0.15, 0.2) is 24.3 Å². The van der Waals surface area contributed by atoms with Crippen LogP contribution in [0.25, 0.3) is 0 Å². The highest BCUT2D eigenvalue weighted by Crippen LogP contribution is 2.29. The van der Waals surface area contributed by atoms with Crippen LogP contribution >= 0.6 is 0 Å². The number of anilines is 1. The first kappa shape index (κ1) is 11.1. The topological polar surface area (TPSA) is 55.1 Å². The molecule has 0 heterocycles. The fourth-order valence-electron chi connectivity index (χ4n) is 1.79. The molecule has 86 valence electrons. The minimum absolute atomic E-state index is 0.0234. The predicted octanol–water partition coefficient (Wildman–Crippen LogP) is 1.92. The van der Waals surface area contributed by atoms with Gasteiger partial charge in [-0.25, -0.2) is 0 Å². The van der Waals surface area contributed by atoms with Crippen LogP contribution in [0.4, 0.5) is 5.69 Å². The summed E-state index contributed by atoms with van der Waals surface area (Å²) in [5, 5.41) is 2.88. The predicted molar refractivity (Wildman–Crippen MR) is 65.1 cm³/mol. The van der Waals surface area contributed by atoms with Crippen molar-refractivity contribution < 1.29 is 4.79 Å². The van der Waals surface area contributed by atoms with E-state index in [0.717, 1.165) is 24.9 Å². The number of amides is 1. The van der Waals surface area contributed by atoms with E-state index in [2.05, 4.69) is 24.4 Å². The molecule has 1 saturated carbocycles. The van der Waals surface area contributed by atoms with Gasteiger partial charge in [0, 0.05) is 11.7 Å². The zero-order valence-electron chi connectivity index (χ0n) is 9.57. The van der Waals surface area contributed by atoms with Crippen molar-refractivity contribution in [3.05, 3.63) is 29.8 Å². The van der Waals surface area contributed by atoms with E-state index in [-0.39, 0.29) is 17.9 Å². The molecule has 3 nitrogen and oxygen atoms in total. The zero-order valence-corrected chi connectivity index (χ0v) is 9.57. The Balaban J connectivity index is 1.92. The Labute approximate surface area is 96.0 Å². The van der Waals surface area contributed by atoms with Gasteiger partial charge in [-0.15, -0.1) is 0 Å². The van der Waals surface area contributed by atoms with Crippen LogP contribution in [-0.2, 0) is 11.2 Å². The molecule has 1 fully saturated rings.